The summed E-state index contributed by atoms with van der Waals surface area (Å²) in [5, 5.41) is 9.53. The second kappa shape index (κ2) is 4.47. The molecule has 0 bridgehead atoms. The van der Waals surface area contributed by atoms with E-state index in [1.165, 1.54) is 6.20 Å². The van der Waals surface area contributed by atoms with Crippen LogP contribution in [0.1, 0.15) is 46.2 Å². The summed E-state index contributed by atoms with van der Waals surface area (Å²) in [5.74, 6) is 0.0903. The van der Waals surface area contributed by atoms with Gasteiger partial charge >= 0.3 is 7.12 Å². The van der Waals surface area contributed by atoms with Gasteiger partial charge in [-0.3, -0.25) is 4.98 Å². The summed E-state index contributed by atoms with van der Waals surface area (Å²) in [7, 11) is -0.563. The molecule has 1 atom stereocenters. The average molecular weight is 264 g/mol. The third kappa shape index (κ3) is 2.48. The molecule has 3 N–H and O–H groups in total. The van der Waals surface area contributed by atoms with Gasteiger partial charge < -0.3 is 20.1 Å². The fourth-order valence-electron chi connectivity index (χ4n) is 2.00. The zero-order chi connectivity index (χ0) is 14.4. The molecule has 0 aliphatic carbocycles. The molecule has 6 heteroatoms. The van der Waals surface area contributed by atoms with Crippen molar-refractivity contribution in [2.45, 2.75) is 51.9 Å². The largest absolute Gasteiger partial charge is 0.514 e. The van der Waals surface area contributed by atoms with Crippen LogP contribution in [0.2, 0.25) is 0 Å². The first-order valence-electron chi connectivity index (χ1n) is 6.44. The number of hydrogen-bond donors (Lipinski definition) is 2. The van der Waals surface area contributed by atoms with Gasteiger partial charge in [0.05, 0.1) is 23.0 Å². The fourth-order valence-corrected chi connectivity index (χ4v) is 2.00. The highest BCUT2D eigenvalue weighted by Gasteiger charge is 2.53. The Kier molecular flexibility index (Phi) is 3.37. The summed E-state index contributed by atoms with van der Waals surface area (Å²) in [4.78, 5) is 4.23. The van der Waals surface area contributed by atoms with Crippen LogP contribution in [0.25, 0.3) is 0 Å². The van der Waals surface area contributed by atoms with Crippen molar-refractivity contribution < 1.29 is 14.4 Å². The van der Waals surface area contributed by atoms with Gasteiger partial charge in [-0.05, 0) is 46.2 Å². The molecule has 1 fully saturated rings. The Hall–Kier alpha value is -1.11. The van der Waals surface area contributed by atoms with E-state index in [1.807, 2.05) is 34.6 Å². The number of nitrogens with two attached hydrogens (primary N) is 1. The molecule has 2 heterocycles. The molecular weight excluding hydrogens is 243 g/mol. The predicted molar refractivity (Wildman–Crippen MR) is 74.2 cm³/mol. The molecule has 2 rings (SSSR count). The average Bonchev–Trinajstić information content (AvgIpc) is 2.47. The molecule has 0 radical (unpaired) electrons. The topological polar surface area (TPSA) is 77.6 Å². The molecule has 1 saturated heterocycles. The van der Waals surface area contributed by atoms with Crippen LogP contribution in [0, 0.1) is 0 Å². The van der Waals surface area contributed by atoms with Gasteiger partial charge in [-0.2, -0.15) is 0 Å². The summed E-state index contributed by atoms with van der Waals surface area (Å²) >= 11 is 0. The molecule has 1 aliphatic heterocycles. The number of hydrogen-bond acceptors (Lipinski definition) is 5. The Balaban J connectivity index is 2.39. The van der Waals surface area contributed by atoms with E-state index in [0.29, 0.717) is 5.59 Å². The van der Waals surface area contributed by atoms with Crippen molar-refractivity contribution in [3.8, 4) is 5.75 Å². The normalized spacial score (nSPS) is 22.5. The van der Waals surface area contributed by atoms with E-state index in [0.717, 1.165) is 5.56 Å². The van der Waals surface area contributed by atoms with Gasteiger partial charge in [0.1, 0.15) is 5.75 Å². The minimum Gasteiger partial charge on any atom is -0.506 e. The highest BCUT2D eigenvalue weighted by molar-refractivity contribution is 6.61. The van der Waals surface area contributed by atoms with Crippen LogP contribution in [-0.4, -0.2) is 28.4 Å². The minimum atomic E-state index is -0.563. The maximum Gasteiger partial charge on any atom is 0.514 e. The van der Waals surface area contributed by atoms with Crippen molar-refractivity contribution in [2.24, 2.45) is 5.73 Å². The maximum absolute atomic E-state index is 9.53. The molecule has 1 aromatic heterocycles. The first-order chi connectivity index (χ1) is 8.64. The second-order valence-corrected chi connectivity index (χ2v) is 6.04. The molecule has 0 amide bonds. The fraction of sp³-hybridized carbons (Fsp3) is 0.615. The van der Waals surface area contributed by atoms with Crippen molar-refractivity contribution in [3.05, 3.63) is 17.8 Å². The Labute approximate surface area is 114 Å². The van der Waals surface area contributed by atoms with Crippen LogP contribution in [0.15, 0.2) is 12.3 Å². The lowest BCUT2D eigenvalue weighted by atomic mass is 9.79. The third-order valence-electron chi connectivity index (χ3n) is 3.90. The molecule has 0 saturated carbocycles. The van der Waals surface area contributed by atoms with Gasteiger partial charge in [-0.25, -0.2) is 0 Å². The maximum atomic E-state index is 9.53. The predicted octanol–water partition coefficient (Wildman–Crippen LogP) is 1.11. The Morgan fingerprint density at radius 2 is 1.79 bits per heavy atom. The molecule has 0 spiro atoms. The lowest BCUT2D eigenvalue weighted by molar-refractivity contribution is 0.00578. The first-order valence-corrected chi connectivity index (χ1v) is 6.44. The zero-order valence-electron chi connectivity index (χ0n) is 12.1. The smallest absolute Gasteiger partial charge is 0.506 e. The van der Waals surface area contributed by atoms with E-state index < -0.39 is 18.3 Å². The molecule has 1 unspecified atom stereocenters. The van der Waals surface area contributed by atoms with E-state index in [1.54, 1.807) is 6.07 Å². The molecule has 1 aliphatic rings. The highest BCUT2D eigenvalue weighted by Crippen LogP contribution is 2.36. The Bertz CT molecular complexity index is 473. The highest BCUT2D eigenvalue weighted by atomic mass is 16.7. The molecule has 104 valence electrons. The lowest BCUT2D eigenvalue weighted by Crippen LogP contribution is -2.41. The number of pyridine rings is 1. The number of aromatic hydroxyl groups is 1. The Morgan fingerprint density at radius 1 is 1.26 bits per heavy atom. The van der Waals surface area contributed by atoms with Crippen molar-refractivity contribution in [2.75, 3.05) is 0 Å². The minimum absolute atomic E-state index is 0.0903. The standard InChI is InChI=1S/C13H21BN2O3/c1-8(15)10-6-9(17)7-16-11(10)14-18-12(2,3)13(4,5)19-14/h6-8,17H,15H2,1-5H3. The second-order valence-electron chi connectivity index (χ2n) is 6.04. The molecule has 5 nitrogen and oxygen atoms in total. The van der Waals surface area contributed by atoms with Gasteiger partial charge in [0, 0.05) is 6.04 Å². The number of aromatic nitrogens is 1. The van der Waals surface area contributed by atoms with Crippen LogP contribution < -0.4 is 11.3 Å². The van der Waals surface area contributed by atoms with Crippen LogP contribution in [0.3, 0.4) is 0 Å². The lowest BCUT2D eigenvalue weighted by Gasteiger charge is -2.32. The van der Waals surface area contributed by atoms with E-state index >= 15 is 0 Å². The van der Waals surface area contributed by atoms with Crippen LogP contribution in [0.4, 0.5) is 0 Å². The monoisotopic (exact) mass is 264 g/mol. The molecule has 19 heavy (non-hydrogen) atoms. The van der Waals surface area contributed by atoms with Gasteiger partial charge in [0.2, 0.25) is 0 Å². The quantitative estimate of drug-likeness (QED) is 0.782. The number of rotatable bonds is 2. The van der Waals surface area contributed by atoms with Crippen LogP contribution >= 0.6 is 0 Å². The third-order valence-corrected chi connectivity index (χ3v) is 3.90. The summed E-state index contributed by atoms with van der Waals surface area (Å²) < 4.78 is 11.9. The number of nitrogens with zero attached hydrogens (tertiary/aromatic N) is 1. The summed E-state index contributed by atoms with van der Waals surface area (Å²) in [6.07, 6.45) is 1.38. The van der Waals surface area contributed by atoms with Crippen molar-refractivity contribution >= 4 is 12.7 Å². The van der Waals surface area contributed by atoms with Gasteiger partial charge in [0.15, 0.2) is 0 Å². The van der Waals surface area contributed by atoms with Gasteiger partial charge in [0.25, 0.3) is 0 Å². The summed E-state index contributed by atoms with van der Waals surface area (Å²) in [5.41, 5.74) is 6.44. The van der Waals surface area contributed by atoms with Crippen LogP contribution in [-0.2, 0) is 9.31 Å². The van der Waals surface area contributed by atoms with Crippen LogP contribution in [0.5, 0.6) is 5.75 Å². The molecule has 1 aromatic rings. The van der Waals surface area contributed by atoms with Crippen molar-refractivity contribution in [1.29, 1.82) is 0 Å². The molecule has 0 aromatic carbocycles. The van der Waals surface area contributed by atoms with Gasteiger partial charge in [-0.1, -0.05) is 0 Å². The molecular formula is C13H21BN2O3. The van der Waals surface area contributed by atoms with E-state index in [9.17, 15) is 5.11 Å². The van der Waals surface area contributed by atoms with Crippen molar-refractivity contribution in [3.63, 3.8) is 0 Å². The van der Waals surface area contributed by atoms with E-state index in [2.05, 4.69) is 4.98 Å². The summed E-state index contributed by atoms with van der Waals surface area (Å²) in [6.45, 7) is 9.78. The zero-order valence-corrected chi connectivity index (χ0v) is 12.1. The summed E-state index contributed by atoms with van der Waals surface area (Å²) in [6, 6.07) is 1.35. The first kappa shape index (κ1) is 14.3. The van der Waals surface area contributed by atoms with Crippen molar-refractivity contribution in [1.82, 2.24) is 4.98 Å². The SMILES string of the molecule is CC(N)c1cc(O)cnc1B1OC(C)(C)C(C)(C)O1. The van der Waals surface area contributed by atoms with E-state index in [-0.39, 0.29) is 11.8 Å². The van der Waals surface area contributed by atoms with Gasteiger partial charge in [-0.15, -0.1) is 0 Å². The van der Waals surface area contributed by atoms with E-state index in [4.69, 9.17) is 15.0 Å². The Morgan fingerprint density at radius 3 is 2.26 bits per heavy atom.